The van der Waals surface area contributed by atoms with Gasteiger partial charge in [0.25, 0.3) is 0 Å². The Morgan fingerprint density at radius 3 is 3.00 bits per heavy atom. The second-order valence-electron chi connectivity index (χ2n) is 2.30. The second-order valence-corrected chi connectivity index (χ2v) is 2.69. The number of aliphatic hydroxyl groups excluding tert-OH is 1. The smallest absolute Gasteiger partial charge is 0.129 e. The van der Waals surface area contributed by atoms with Crippen LogP contribution in [-0.4, -0.2) is 16.7 Å². The Morgan fingerprint density at radius 2 is 2.33 bits per heavy atom. The molecule has 1 aromatic heterocycles. The Bertz CT molecular complexity index is 273. The Balaban J connectivity index is 2.63. The molecule has 3 heteroatoms. The summed E-state index contributed by atoms with van der Waals surface area (Å²) >= 11 is 5.66. The fraction of sp³-hybridized carbons (Fsp3) is 0.222. The minimum Gasteiger partial charge on any atom is -0.396 e. The first-order valence-electron chi connectivity index (χ1n) is 3.73. The van der Waals surface area contributed by atoms with E-state index in [1.165, 1.54) is 0 Å². The molecule has 12 heavy (non-hydrogen) atoms. The lowest BCUT2D eigenvalue weighted by molar-refractivity contribution is 0.303. The molecule has 2 nitrogen and oxygen atoms in total. The zero-order valence-electron chi connectivity index (χ0n) is 6.57. The molecule has 64 valence electrons. The number of hydrogen-bond acceptors (Lipinski definition) is 2. The molecule has 0 bridgehead atoms. The van der Waals surface area contributed by atoms with Crippen LogP contribution in [0, 0.1) is 0 Å². The maximum absolute atomic E-state index is 8.50. The third-order valence-corrected chi connectivity index (χ3v) is 1.53. The zero-order valence-corrected chi connectivity index (χ0v) is 7.33. The van der Waals surface area contributed by atoms with E-state index in [2.05, 4.69) is 4.98 Å². The van der Waals surface area contributed by atoms with Crippen molar-refractivity contribution >= 4 is 17.7 Å². The summed E-state index contributed by atoms with van der Waals surface area (Å²) in [4.78, 5) is 4.04. The molecule has 0 aromatic carbocycles. The number of rotatable bonds is 3. The molecule has 0 aliphatic carbocycles. The van der Waals surface area contributed by atoms with Crippen molar-refractivity contribution in [2.45, 2.75) is 6.42 Å². The summed E-state index contributed by atoms with van der Waals surface area (Å²) in [5.74, 6) is 0. The highest BCUT2D eigenvalue weighted by molar-refractivity contribution is 6.29. The van der Waals surface area contributed by atoms with E-state index in [-0.39, 0.29) is 6.61 Å². The molecule has 0 amide bonds. The lowest BCUT2D eigenvalue weighted by Crippen LogP contribution is -1.80. The van der Waals surface area contributed by atoms with Crippen LogP contribution in [0.3, 0.4) is 0 Å². The molecule has 0 unspecified atom stereocenters. The molecule has 1 aromatic rings. The topological polar surface area (TPSA) is 33.1 Å². The highest BCUT2D eigenvalue weighted by Crippen LogP contribution is 2.06. The van der Waals surface area contributed by atoms with Crippen molar-refractivity contribution in [1.29, 1.82) is 0 Å². The molecule has 0 aliphatic heterocycles. The number of hydrogen-bond donors (Lipinski definition) is 1. The molecular weight excluding hydrogens is 174 g/mol. The molecule has 1 heterocycles. The molecular formula is C9H10ClNO. The maximum atomic E-state index is 8.50. The SMILES string of the molecule is OCCC=Cc1cccc(Cl)n1. The van der Waals surface area contributed by atoms with E-state index >= 15 is 0 Å². The van der Waals surface area contributed by atoms with Crippen LogP contribution in [0.15, 0.2) is 24.3 Å². The van der Waals surface area contributed by atoms with Crippen molar-refractivity contribution in [1.82, 2.24) is 4.98 Å². The molecule has 0 radical (unpaired) electrons. The van der Waals surface area contributed by atoms with E-state index in [4.69, 9.17) is 16.7 Å². The zero-order chi connectivity index (χ0) is 8.81. The van der Waals surface area contributed by atoms with Crippen molar-refractivity contribution in [2.75, 3.05) is 6.61 Å². The van der Waals surface area contributed by atoms with Gasteiger partial charge in [0.1, 0.15) is 5.15 Å². The number of nitrogens with zero attached hydrogens (tertiary/aromatic N) is 1. The van der Waals surface area contributed by atoms with Gasteiger partial charge in [0.15, 0.2) is 0 Å². The van der Waals surface area contributed by atoms with Gasteiger partial charge in [-0.1, -0.05) is 23.7 Å². The van der Waals surface area contributed by atoms with Crippen LogP contribution in [0.1, 0.15) is 12.1 Å². The largest absolute Gasteiger partial charge is 0.396 e. The van der Waals surface area contributed by atoms with Gasteiger partial charge in [-0.05, 0) is 24.6 Å². The first kappa shape index (κ1) is 9.23. The van der Waals surface area contributed by atoms with Crippen LogP contribution in [0.25, 0.3) is 6.08 Å². The Labute approximate surface area is 76.5 Å². The van der Waals surface area contributed by atoms with Gasteiger partial charge in [-0.15, -0.1) is 0 Å². The molecule has 0 saturated heterocycles. The van der Waals surface area contributed by atoms with Crippen molar-refractivity contribution in [2.24, 2.45) is 0 Å². The first-order valence-corrected chi connectivity index (χ1v) is 4.10. The minimum atomic E-state index is 0.164. The standard InChI is InChI=1S/C9H10ClNO/c10-9-6-3-5-8(11-9)4-1-2-7-12/h1,3-6,12H,2,7H2. The predicted octanol–water partition coefficient (Wildman–Crippen LogP) is 2.13. The molecule has 0 spiro atoms. The molecule has 0 saturated carbocycles. The van der Waals surface area contributed by atoms with E-state index in [0.29, 0.717) is 11.6 Å². The molecule has 0 atom stereocenters. The quantitative estimate of drug-likeness (QED) is 0.729. The molecule has 0 fully saturated rings. The van der Waals surface area contributed by atoms with Crippen LogP contribution in [-0.2, 0) is 0 Å². The van der Waals surface area contributed by atoms with Gasteiger partial charge < -0.3 is 5.11 Å². The predicted molar refractivity (Wildman–Crippen MR) is 50.0 cm³/mol. The summed E-state index contributed by atoms with van der Waals surface area (Å²) in [6.45, 7) is 0.164. The summed E-state index contributed by atoms with van der Waals surface area (Å²) in [5, 5.41) is 8.99. The van der Waals surface area contributed by atoms with Gasteiger partial charge in [-0.2, -0.15) is 0 Å². The number of aromatic nitrogens is 1. The van der Waals surface area contributed by atoms with Crippen LogP contribution in [0.4, 0.5) is 0 Å². The fourth-order valence-corrected chi connectivity index (χ4v) is 0.966. The average molecular weight is 184 g/mol. The third kappa shape index (κ3) is 3.03. The van der Waals surface area contributed by atoms with Gasteiger partial charge in [-0.3, -0.25) is 0 Å². The van der Waals surface area contributed by atoms with E-state index in [1.54, 1.807) is 6.07 Å². The molecule has 1 N–H and O–H groups in total. The summed E-state index contributed by atoms with van der Waals surface area (Å²) in [6.07, 6.45) is 4.34. The number of halogens is 1. The summed E-state index contributed by atoms with van der Waals surface area (Å²) in [5.41, 5.74) is 0.816. The highest BCUT2D eigenvalue weighted by atomic mass is 35.5. The molecule has 0 aliphatic rings. The van der Waals surface area contributed by atoms with Crippen molar-refractivity contribution in [3.8, 4) is 0 Å². The van der Waals surface area contributed by atoms with E-state index < -0.39 is 0 Å². The van der Waals surface area contributed by atoms with Crippen LogP contribution in [0.5, 0.6) is 0 Å². The maximum Gasteiger partial charge on any atom is 0.129 e. The third-order valence-electron chi connectivity index (χ3n) is 1.32. The Hall–Kier alpha value is -0.860. The highest BCUT2D eigenvalue weighted by Gasteiger charge is 1.88. The molecule has 1 rings (SSSR count). The van der Waals surface area contributed by atoms with Gasteiger partial charge in [0.05, 0.1) is 5.69 Å². The van der Waals surface area contributed by atoms with E-state index in [1.807, 2.05) is 24.3 Å². The van der Waals surface area contributed by atoms with E-state index in [9.17, 15) is 0 Å². The normalized spacial score (nSPS) is 10.8. The van der Waals surface area contributed by atoms with Crippen LogP contribution in [0.2, 0.25) is 5.15 Å². The first-order chi connectivity index (χ1) is 5.83. The average Bonchev–Trinajstić information content (AvgIpc) is 2.05. The van der Waals surface area contributed by atoms with Crippen molar-refractivity contribution in [3.05, 3.63) is 35.1 Å². The summed E-state index contributed by atoms with van der Waals surface area (Å²) in [6, 6.07) is 5.43. The Morgan fingerprint density at radius 1 is 1.50 bits per heavy atom. The van der Waals surface area contributed by atoms with Crippen molar-refractivity contribution in [3.63, 3.8) is 0 Å². The van der Waals surface area contributed by atoms with Crippen LogP contribution >= 0.6 is 11.6 Å². The van der Waals surface area contributed by atoms with Gasteiger partial charge in [0, 0.05) is 6.61 Å². The monoisotopic (exact) mass is 183 g/mol. The van der Waals surface area contributed by atoms with E-state index in [0.717, 1.165) is 5.69 Å². The Kier molecular flexibility index (Phi) is 3.77. The summed E-state index contributed by atoms with van der Waals surface area (Å²) in [7, 11) is 0. The minimum absolute atomic E-state index is 0.164. The lowest BCUT2D eigenvalue weighted by atomic mass is 10.3. The number of aliphatic hydroxyl groups is 1. The lowest BCUT2D eigenvalue weighted by Gasteiger charge is -1.92. The fourth-order valence-electron chi connectivity index (χ4n) is 0.795. The summed E-state index contributed by atoms with van der Waals surface area (Å²) < 4.78 is 0. The van der Waals surface area contributed by atoms with Gasteiger partial charge in [-0.25, -0.2) is 4.98 Å². The van der Waals surface area contributed by atoms with Crippen LogP contribution < -0.4 is 0 Å². The van der Waals surface area contributed by atoms with Gasteiger partial charge in [0.2, 0.25) is 0 Å². The number of pyridine rings is 1. The second kappa shape index (κ2) is 4.91. The van der Waals surface area contributed by atoms with Gasteiger partial charge >= 0.3 is 0 Å². The van der Waals surface area contributed by atoms with Crippen molar-refractivity contribution < 1.29 is 5.11 Å².